The third-order valence-corrected chi connectivity index (χ3v) is 7.08. The molecule has 2 amide bonds. The molecule has 4 aromatic rings. The molecule has 2 aromatic carbocycles. The molecule has 1 aliphatic rings. The van der Waals surface area contributed by atoms with E-state index in [0.29, 0.717) is 22.0 Å². The summed E-state index contributed by atoms with van der Waals surface area (Å²) in [7, 11) is 0. The number of nitrogens with one attached hydrogen (secondary N) is 1. The number of anilines is 1. The summed E-state index contributed by atoms with van der Waals surface area (Å²) in [6.45, 7) is 3.69. The lowest BCUT2D eigenvalue weighted by Gasteiger charge is -2.43. The van der Waals surface area contributed by atoms with E-state index in [0.717, 1.165) is 6.20 Å². The summed E-state index contributed by atoms with van der Waals surface area (Å²) in [6.07, 6.45) is 5.29. The van der Waals surface area contributed by atoms with Crippen LogP contribution in [0.2, 0.25) is 5.02 Å². The van der Waals surface area contributed by atoms with Crippen LogP contribution in [-0.2, 0) is 15.0 Å². The Morgan fingerprint density at radius 3 is 2.56 bits per heavy atom. The number of amides is 2. The van der Waals surface area contributed by atoms with Crippen LogP contribution in [0.1, 0.15) is 47.1 Å². The lowest BCUT2D eigenvalue weighted by Crippen LogP contribution is -2.51. The van der Waals surface area contributed by atoms with E-state index < -0.39 is 34.2 Å². The number of benzene rings is 2. The second kappa shape index (κ2) is 11.4. The number of aromatic carboxylic acids is 1. The number of carboxylic acids is 1. The van der Waals surface area contributed by atoms with Crippen LogP contribution in [0.4, 0.5) is 11.4 Å². The Labute approximate surface area is 248 Å². The third kappa shape index (κ3) is 5.94. The van der Waals surface area contributed by atoms with Crippen molar-refractivity contribution in [3.63, 3.8) is 0 Å². The van der Waals surface area contributed by atoms with E-state index >= 15 is 0 Å². The summed E-state index contributed by atoms with van der Waals surface area (Å²) in [5.74, 6) is -2.36. The quantitative estimate of drug-likeness (QED) is 0.179. The van der Waals surface area contributed by atoms with E-state index in [4.69, 9.17) is 11.6 Å². The summed E-state index contributed by atoms with van der Waals surface area (Å²) in [5.41, 5.74) is 0.865. The second-order valence-corrected chi connectivity index (χ2v) is 10.7. The summed E-state index contributed by atoms with van der Waals surface area (Å²) in [4.78, 5) is 55.5. The highest BCUT2D eigenvalue weighted by molar-refractivity contribution is 6.30. The van der Waals surface area contributed by atoms with Gasteiger partial charge in [-0.05, 0) is 59.0 Å². The average molecular weight is 603 g/mol. The fraction of sp³-hybridized carbons (Fsp3) is 0.179. The largest absolute Gasteiger partial charge is 0.478 e. The summed E-state index contributed by atoms with van der Waals surface area (Å²) >= 11 is 6.21. The molecule has 0 saturated carbocycles. The first-order chi connectivity index (χ1) is 20.4. The Kier molecular flexibility index (Phi) is 7.70. The molecule has 218 valence electrons. The number of aromatic nitrogens is 5. The first-order valence-corrected chi connectivity index (χ1v) is 13.1. The van der Waals surface area contributed by atoms with Crippen LogP contribution in [-0.4, -0.2) is 64.4 Å². The average Bonchev–Trinajstić information content (AvgIpc) is 3.50. The maximum Gasteiger partial charge on any atom is 0.335 e. The van der Waals surface area contributed by atoms with Gasteiger partial charge in [-0.25, -0.2) is 4.79 Å². The fourth-order valence-corrected chi connectivity index (χ4v) is 5.08. The van der Waals surface area contributed by atoms with Gasteiger partial charge in [0.05, 0.1) is 21.9 Å². The number of rotatable bonds is 7. The Morgan fingerprint density at radius 1 is 1.16 bits per heavy atom. The van der Waals surface area contributed by atoms with Gasteiger partial charge in [-0.1, -0.05) is 25.4 Å². The minimum atomic E-state index is -1.30. The molecule has 1 unspecified atom stereocenters. The van der Waals surface area contributed by atoms with Crippen LogP contribution in [0, 0.1) is 10.1 Å². The van der Waals surface area contributed by atoms with Crippen molar-refractivity contribution >= 4 is 46.8 Å². The number of carbonyl (C=O) groups excluding carboxylic acids is 2. The van der Waals surface area contributed by atoms with Crippen LogP contribution in [0.3, 0.4) is 0 Å². The van der Waals surface area contributed by atoms with Crippen LogP contribution in [0.5, 0.6) is 0 Å². The monoisotopic (exact) mass is 602 g/mol. The Hall–Kier alpha value is -5.50. The van der Waals surface area contributed by atoms with Crippen LogP contribution in [0.15, 0.2) is 67.1 Å². The molecule has 0 bridgehead atoms. The number of halogens is 1. The number of nitrogens with zero attached hydrogens (tertiary/aromatic N) is 7. The van der Waals surface area contributed by atoms with Crippen LogP contribution < -0.4 is 5.32 Å². The molecule has 2 aromatic heterocycles. The number of carboxylic acid groups (broad SMARTS) is 1. The highest BCUT2D eigenvalue weighted by Gasteiger charge is 2.44. The normalized spacial score (nSPS) is 15.6. The molecule has 14 nitrogen and oxygen atoms in total. The molecule has 3 heterocycles. The van der Waals surface area contributed by atoms with E-state index in [9.17, 15) is 29.6 Å². The van der Waals surface area contributed by atoms with E-state index in [-0.39, 0.29) is 29.0 Å². The number of hydrogen-bond donors (Lipinski definition) is 2. The Morgan fingerprint density at radius 2 is 1.91 bits per heavy atom. The SMILES string of the molecule is CC1(C)CN(C(=O)/C=C/c2cc(Cl)ccc2-n2cnnn2)C(C(=O)Nc2ccc(C(=O)O)cc2)c2cc([N+](=O)[O-])cnc21. The number of pyridine rings is 1. The molecule has 0 saturated heterocycles. The van der Waals surface area contributed by atoms with Gasteiger partial charge in [0.1, 0.15) is 18.6 Å². The number of fused-ring (bicyclic) bond motifs is 1. The summed E-state index contributed by atoms with van der Waals surface area (Å²) < 4.78 is 1.40. The molecule has 43 heavy (non-hydrogen) atoms. The molecule has 0 radical (unpaired) electrons. The molecule has 0 spiro atoms. The predicted octanol–water partition coefficient (Wildman–Crippen LogP) is 3.83. The lowest BCUT2D eigenvalue weighted by atomic mass is 9.78. The second-order valence-electron chi connectivity index (χ2n) is 10.3. The highest BCUT2D eigenvalue weighted by Crippen LogP contribution is 2.40. The van der Waals surface area contributed by atoms with Crippen LogP contribution in [0.25, 0.3) is 11.8 Å². The smallest absolute Gasteiger partial charge is 0.335 e. The van der Waals surface area contributed by atoms with Gasteiger partial charge in [-0.3, -0.25) is 24.7 Å². The lowest BCUT2D eigenvalue weighted by molar-refractivity contribution is -0.385. The third-order valence-electron chi connectivity index (χ3n) is 6.85. The predicted molar refractivity (Wildman–Crippen MR) is 154 cm³/mol. The van der Waals surface area contributed by atoms with Gasteiger partial charge in [0.15, 0.2) is 0 Å². The maximum absolute atomic E-state index is 13.8. The van der Waals surface area contributed by atoms with Gasteiger partial charge in [0.25, 0.3) is 11.6 Å². The van der Waals surface area contributed by atoms with Crippen molar-refractivity contribution in [1.82, 2.24) is 30.1 Å². The number of hydrogen-bond acceptors (Lipinski definition) is 9. The molecule has 1 aliphatic heterocycles. The van der Waals surface area contributed by atoms with Crippen LogP contribution >= 0.6 is 11.6 Å². The minimum absolute atomic E-state index is 0.0200. The zero-order valence-corrected chi connectivity index (χ0v) is 23.5. The van der Waals surface area contributed by atoms with E-state index in [1.165, 1.54) is 58.4 Å². The number of tetrazole rings is 1. The van der Waals surface area contributed by atoms with Gasteiger partial charge in [-0.15, -0.1) is 5.10 Å². The van der Waals surface area contributed by atoms with Crippen molar-refractivity contribution in [2.24, 2.45) is 0 Å². The van der Waals surface area contributed by atoms with E-state index in [2.05, 4.69) is 25.8 Å². The van der Waals surface area contributed by atoms with Crippen molar-refractivity contribution in [3.05, 3.63) is 105 Å². The maximum atomic E-state index is 13.8. The van der Waals surface area contributed by atoms with Gasteiger partial charge >= 0.3 is 5.97 Å². The molecular weight excluding hydrogens is 580 g/mol. The zero-order valence-electron chi connectivity index (χ0n) is 22.7. The van der Waals surface area contributed by atoms with Gasteiger partial charge in [0, 0.05) is 45.9 Å². The first kappa shape index (κ1) is 29.0. The molecule has 5 rings (SSSR count). The topological polar surface area (TPSA) is 186 Å². The molecular formula is C28H23ClN8O6. The zero-order chi connectivity index (χ0) is 30.9. The van der Waals surface area contributed by atoms with Gasteiger partial charge < -0.3 is 15.3 Å². The van der Waals surface area contributed by atoms with Crippen molar-refractivity contribution in [1.29, 1.82) is 0 Å². The fourth-order valence-electron chi connectivity index (χ4n) is 4.89. The summed E-state index contributed by atoms with van der Waals surface area (Å²) in [6, 6.07) is 10.4. The van der Waals surface area contributed by atoms with Gasteiger partial charge in [0.2, 0.25) is 5.91 Å². The Bertz CT molecular complexity index is 1770. The number of carbonyl (C=O) groups is 3. The Balaban J connectivity index is 1.55. The van der Waals surface area contributed by atoms with Crippen molar-refractivity contribution in [3.8, 4) is 5.69 Å². The van der Waals surface area contributed by atoms with Gasteiger partial charge in [-0.2, -0.15) is 4.68 Å². The standard InChI is InChI=1S/C28H23ClN8O6/c1-28(2)14-35(23(38)10-5-17-11-18(29)6-9-22(17)36-15-31-33-34-36)24(21-12-20(37(42)43)13-30-25(21)28)26(39)32-19-7-3-16(4-8-19)27(40)41/h3-13,15,24H,14H2,1-2H3,(H,32,39)(H,40,41)/b10-5+. The number of nitro groups is 1. The van der Waals surface area contributed by atoms with Crippen molar-refractivity contribution in [2.75, 3.05) is 11.9 Å². The van der Waals surface area contributed by atoms with Crippen molar-refractivity contribution in [2.45, 2.75) is 25.3 Å². The molecule has 15 heteroatoms. The highest BCUT2D eigenvalue weighted by atomic mass is 35.5. The van der Waals surface area contributed by atoms with Crippen molar-refractivity contribution < 1.29 is 24.4 Å². The molecule has 0 fully saturated rings. The summed E-state index contributed by atoms with van der Waals surface area (Å²) in [5, 5.41) is 35.1. The van der Waals surface area contributed by atoms with E-state index in [1.807, 2.05) is 13.8 Å². The molecule has 0 aliphatic carbocycles. The molecule has 1 atom stereocenters. The molecule has 2 N–H and O–H groups in total. The van der Waals surface area contributed by atoms with E-state index in [1.54, 1.807) is 18.2 Å². The minimum Gasteiger partial charge on any atom is -0.478 e. The first-order valence-electron chi connectivity index (χ1n) is 12.8.